The molecule has 0 aliphatic carbocycles. The zero-order valence-electron chi connectivity index (χ0n) is 14.4. The molecule has 26 heavy (non-hydrogen) atoms. The summed E-state index contributed by atoms with van der Waals surface area (Å²) in [5.74, 6) is -1.32. The highest BCUT2D eigenvalue weighted by atomic mass is 32.2. The average molecular weight is 376 g/mol. The van der Waals surface area contributed by atoms with Crippen LogP contribution in [0.3, 0.4) is 0 Å². The number of esters is 1. The Morgan fingerprint density at radius 1 is 1.15 bits per heavy atom. The van der Waals surface area contributed by atoms with Crippen LogP contribution < -0.4 is 4.72 Å². The first-order valence-electron chi connectivity index (χ1n) is 7.72. The molecule has 0 aliphatic heterocycles. The molecular weight excluding hydrogens is 359 g/mol. The summed E-state index contributed by atoms with van der Waals surface area (Å²) in [7, 11) is -2.82. The van der Waals surface area contributed by atoms with Gasteiger partial charge in [0.05, 0.1) is 17.7 Å². The maximum Gasteiger partial charge on any atom is 0.356 e. The van der Waals surface area contributed by atoms with Crippen LogP contribution in [0.5, 0.6) is 0 Å². The molecule has 8 heteroatoms. The van der Waals surface area contributed by atoms with Crippen LogP contribution in [0.4, 0.5) is 10.1 Å². The third-order valence-electron chi connectivity index (χ3n) is 4.01. The fourth-order valence-corrected chi connectivity index (χ4v) is 4.14. The van der Waals surface area contributed by atoms with E-state index in [0.29, 0.717) is 11.1 Å². The van der Waals surface area contributed by atoms with Gasteiger partial charge in [0.15, 0.2) is 5.69 Å². The fourth-order valence-electron chi connectivity index (χ4n) is 2.82. The van der Waals surface area contributed by atoms with Gasteiger partial charge in [-0.1, -0.05) is 17.7 Å². The van der Waals surface area contributed by atoms with Crippen LogP contribution in [0.25, 0.3) is 10.9 Å². The topological polar surface area (TPSA) is 88.3 Å². The van der Waals surface area contributed by atoms with Crippen LogP contribution in [-0.2, 0) is 14.8 Å². The summed E-state index contributed by atoms with van der Waals surface area (Å²) in [6.45, 7) is 3.53. The van der Waals surface area contributed by atoms with E-state index < -0.39 is 21.8 Å². The molecule has 136 valence electrons. The number of benzene rings is 2. The third kappa shape index (κ3) is 3.15. The largest absolute Gasteiger partial charge is 0.464 e. The van der Waals surface area contributed by atoms with Gasteiger partial charge in [0.1, 0.15) is 5.82 Å². The van der Waals surface area contributed by atoms with Gasteiger partial charge in [0.25, 0.3) is 10.0 Å². The number of hydrogen-bond acceptors (Lipinski definition) is 4. The first kappa shape index (κ1) is 17.9. The van der Waals surface area contributed by atoms with E-state index in [-0.39, 0.29) is 21.7 Å². The van der Waals surface area contributed by atoms with Crippen LogP contribution in [0.2, 0.25) is 0 Å². The van der Waals surface area contributed by atoms with Gasteiger partial charge in [0.2, 0.25) is 0 Å². The van der Waals surface area contributed by atoms with E-state index in [4.69, 9.17) is 4.74 Å². The van der Waals surface area contributed by atoms with Crippen molar-refractivity contribution in [3.05, 3.63) is 59.0 Å². The molecule has 0 radical (unpaired) electrons. The van der Waals surface area contributed by atoms with Gasteiger partial charge in [-0.2, -0.15) is 0 Å². The number of methoxy groups -OCH3 is 1. The molecule has 1 aromatic heterocycles. The monoisotopic (exact) mass is 376 g/mol. The normalized spacial score (nSPS) is 11.5. The smallest absolute Gasteiger partial charge is 0.356 e. The summed E-state index contributed by atoms with van der Waals surface area (Å²) in [5.41, 5.74) is 1.74. The molecule has 1 heterocycles. The number of rotatable bonds is 4. The van der Waals surface area contributed by atoms with Gasteiger partial charge in [-0.3, -0.25) is 4.72 Å². The number of ether oxygens (including phenoxy) is 1. The van der Waals surface area contributed by atoms with Crippen LogP contribution >= 0.6 is 0 Å². The molecule has 0 unspecified atom stereocenters. The number of aryl methyl sites for hydroxylation is 2. The highest BCUT2D eigenvalue weighted by Gasteiger charge is 2.25. The van der Waals surface area contributed by atoms with Crippen LogP contribution in [0.15, 0.2) is 41.3 Å². The van der Waals surface area contributed by atoms with E-state index in [1.165, 1.54) is 25.3 Å². The number of carbonyl (C=O) groups is 1. The van der Waals surface area contributed by atoms with Crippen molar-refractivity contribution in [3.8, 4) is 0 Å². The standard InChI is InChI=1S/C18H17FN2O4S/c1-10-4-7-15(11(2)8-10)26(23,24)21-16-13-9-12(19)5-6-14(13)20-17(16)18(22)25-3/h4-9,20-21H,1-3H3. The zero-order valence-corrected chi connectivity index (χ0v) is 15.2. The van der Waals surface area contributed by atoms with Gasteiger partial charge in [-0.05, 0) is 43.7 Å². The van der Waals surface area contributed by atoms with Crippen molar-refractivity contribution in [1.29, 1.82) is 0 Å². The maximum atomic E-state index is 13.7. The lowest BCUT2D eigenvalue weighted by atomic mass is 10.2. The molecule has 0 fully saturated rings. The Morgan fingerprint density at radius 2 is 1.88 bits per heavy atom. The van der Waals surface area contributed by atoms with Gasteiger partial charge >= 0.3 is 5.97 Å². The maximum absolute atomic E-state index is 13.7. The SMILES string of the molecule is COC(=O)c1[nH]c2ccc(F)cc2c1NS(=O)(=O)c1ccc(C)cc1C. The average Bonchev–Trinajstić information content (AvgIpc) is 2.91. The molecule has 2 aromatic carbocycles. The third-order valence-corrected chi connectivity index (χ3v) is 5.52. The van der Waals surface area contributed by atoms with E-state index in [1.807, 2.05) is 6.92 Å². The van der Waals surface area contributed by atoms with Gasteiger partial charge in [-0.25, -0.2) is 17.6 Å². The Morgan fingerprint density at radius 3 is 2.54 bits per heavy atom. The number of carbonyl (C=O) groups excluding carboxylic acids is 1. The zero-order chi connectivity index (χ0) is 19.1. The number of anilines is 1. The van der Waals surface area contributed by atoms with Crippen LogP contribution in [-0.4, -0.2) is 26.5 Å². The summed E-state index contributed by atoms with van der Waals surface area (Å²) in [6.07, 6.45) is 0. The second-order valence-electron chi connectivity index (χ2n) is 5.93. The Kier molecular flexibility index (Phi) is 4.45. The summed E-state index contributed by atoms with van der Waals surface area (Å²) in [4.78, 5) is 14.9. The van der Waals surface area contributed by atoms with Crippen LogP contribution in [0.1, 0.15) is 21.6 Å². The predicted octanol–water partition coefficient (Wildman–Crippen LogP) is 3.51. The number of nitrogens with one attached hydrogen (secondary N) is 2. The molecule has 0 saturated heterocycles. The van der Waals surface area contributed by atoms with Crippen LogP contribution in [0, 0.1) is 19.7 Å². The number of halogens is 1. The first-order valence-corrected chi connectivity index (χ1v) is 9.21. The number of hydrogen-bond donors (Lipinski definition) is 2. The molecule has 2 N–H and O–H groups in total. The Balaban J connectivity index is 2.18. The lowest BCUT2D eigenvalue weighted by Gasteiger charge is -2.11. The van der Waals surface area contributed by atoms with Crippen molar-refractivity contribution in [2.24, 2.45) is 0 Å². The van der Waals surface area contributed by atoms with E-state index in [1.54, 1.807) is 19.1 Å². The van der Waals surface area contributed by atoms with E-state index in [0.717, 1.165) is 11.6 Å². The lowest BCUT2D eigenvalue weighted by molar-refractivity contribution is 0.0596. The van der Waals surface area contributed by atoms with Crippen molar-refractivity contribution in [2.45, 2.75) is 18.7 Å². The molecule has 0 aliphatic rings. The predicted molar refractivity (Wildman–Crippen MR) is 96.3 cm³/mol. The number of aromatic amines is 1. The molecule has 6 nitrogen and oxygen atoms in total. The molecule has 3 aromatic rings. The second-order valence-corrected chi connectivity index (χ2v) is 7.58. The highest BCUT2D eigenvalue weighted by Crippen LogP contribution is 2.31. The van der Waals surface area contributed by atoms with Crippen molar-refractivity contribution in [2.75, 3.05) is 11.8 Å². The van der Waals surface area contributed by atoms with Crippen molar-refractivity contribution in [1.82, 2.24) is 4.98 Å². The number of H-pyrrole nitrogens is 1. The number of sulfonamides is 1. The van der Waals surface area contributed by atoms with Crippen molar-refractivity contribution < 1.29 is 22.3 Å². The minimum Gasteiger partial charge on any atom is -0.464 e. The fraction of sp³-hybridized carbons (Fsp3) is 0.167. The highest BCUT2D eigenvalue weighted by molar-refractivity contribution is 7.92. The molecule has 0 atom stereocenters. The molecule has 0 amide bonds. The van der Waals surface area contributed by atoms with Gasteiger partial charge in [0, 0.05) is 10.9 Å². The Hall–Kier alpha value is -2.87. The Bertz CT molecular complexity index is 1120. The number of fused-ring (bicyclic) bond motifs is 1. The lowest BCUT2D eigenvalue weighted by Crippen LogP contribution is -2.16. The molecule has 0 saturated carbocycles. The second kappa shape index (κ2) is 6.45. The summed E-state index contributed by atoms with van der Waals surface area (Å²) in [5, 5.41) is 0.235. The Labute approximate surface area is 150 Å². The van der Waals surface area contributed by atoms with Crippen molar-refractivity contribution >= 4 is 32.6 Å². The quantitative estimate of drug-likeness (QED) is 0.682. The number of aromatic nitrogens is 1. The molecule has 0 bridgehead atoms. The van der Waals surface area contributed by atoms with E-state index in [9.17, 15) is 17.6 Å². The molecule has 3 rings (SSSR count). The molecular formula is C18H17FN2O4S. The van der Waals surface area contributed by atoms with E-state index >= 15 is 0 Å². The van der Waals surface area contributed by atoms with Gasteiger partial charge < -0.3 is 9.72 Å². The minimum absolute atomic E-state index is 0.0497. The van der Waals surface area contributed by atoms with E-state index in [2.05, 4.69) is 9.71 Å². The summed E-state index contributed by atoms with van der Waals surface area (Å²) in [6, 6.07) is 8.69. The minimum atomic E-state index is -4.00. The van der Waals surface area contributed by atoms with Gasteiger partial charge in [-0.15, -0.1) is 0 Å². The summed E-state index contributed by atoms with van der Waals surface area (Å²) < 4.78 is 46.5. The first-order chi connectivity index (χ1) is 12.2. The molecule has 0 spiro atoms. The summed E-state index contributed by atoms with van der Waals surface area (Å²) >= 11 is 0. The van der Waals surface area contributed by atoms with Crippen molar-refractivity contribution in [3.63, 3.8) is 0 Å².